The summed E-state index contributed by atoms with van der Waals surface area (Å²) in [6, 6.07) is 4.69. The number of nitro benzene ring substituents is 1. The van der Waals surface area contributed by atoms with Crippen LogP contribution in [0, 0.1) is 10.1 Å². The van der Waals surface area contributed by atoms with E-state index in [2.05, 4.69) is 26.6 Å². The van der Waals surface area contributed by atoms with Crippen LogP contribution in [-0.4, -0.2) is 23.4 Å². The number of nitrogens with one attached hydrogen (secondary N) is 2. The van der Waals surface area contributed by atoms with Crippen molar-refractivity contribution in [3.05, 3.63) is 32.8 Å². The minimum Gasteiger partial charge on any atom is -0.374 e. The highest BCUT2D eigenvalue weighted by molar-refractivity contribution is 9.10. The second-order valence-electron chi connectivity index (χ2n) is 3.77. The normalized spacial score (nSPS) is 18.9. The summed E-state index contributed by atoms with van der Waals surface area (Å²) in [5.74, 6) is -0.0396. The van der Waals surface area contributed by atoms with Crippen LogP contribution in [0.25, 0.3) is 0 Å². The van der Waals surface area contributed by atoms with Crippen LogP contribution in [-0.2, 0) is 4.79 Å². The van der Waals surface area contributed by atoms with Crippen molar-refractivity contribution in [2.75, 3.05) is 11.9 Å². The zero-order valence-corrected chi connectivity index (χ0v) is 10.4. The third-order valence-electron chi connectivity index (χ3n) is 2.49. The van der Waals surface area contributed by atoms with E-state index >= 15 is 0 Å². The quantitative estimate of drug-likeness (QED) is 0.657. The molecule has 1 aromatic carbocycles. The van der Waals surface area contributed by atoms with E-state index in [9.17, 15) is 14.9 Å². The number of carbonyl (C=O) groups excluding carboxylic acids is 1. The molecule has 0 spiro atoms. The fourth-order valence-corrected chi connectivity index (χ4v) is 2.05. The van der Waals surface area contributed by atoms with Crippen LogP contribution in [0.5, 0.6) is 0 Å². The van der Waals surface area contributed by atoms with Gasteiger partial charge in [-0.05, 0) is 12.1 Å². The molecule has 1 aromatic rings. The Balaban J connectivity index is 2.20. The Kier molecular flexibility index (Phi) is 3.28. The van der Waals surface area contributed by atoms with Crippen LogP contribution < -0.4 is 10.6 Å². The molecule has 1 saturated heterocycles. The maximum atomic E-state index is 11.0. The summed E-state index contributed by atoms with van der Waals surface area (Å²) < 4.78 is 0.648. The Labute approximate surface area is 106 Å². The first-order chi connectivity index (χ1) is 8.06. The van der Waals surface area contributed by atoms with Gasteiger partial charge in [-0.1, -0.05) is 15.9 Å². The van der Waals surface area contributed by atoms with Crippen LogP contribution in [0.15, 0.2) is 22.7 Å². The molecule has 0 aromatic heterocycles. The molecule has 1 heterocycles. The number of hydrogen-bond donors (Lipinski definition) is 2. The molecule has 1 atom stereocenters. The first-order valence-electron chi connectivity index (χ1n) is 5.03. The van der Waals surface area contributed by atoms with Gasteiger partial charge in [-0.15, -0.1) is 0 Å². The van der Waals surface area contributed by atoms with E-state index in [0.29, 0.717) is 23.1 Å². The number of carbonyl (C=O) groups is 1. The maximum absolute atomic E-state index is 11.0. The summed E-state index contributed by atoms with van der Waals surface area (Å²) in [7, 11) is 0. The molecule has 0 bridgehead atoms. The highest BCUT2D eigenvalue weighted by Gasteiger charge is 2.24. The first kappa shape index (κ1) is 11.8. The molecule has 0 radical (unpaired) electrons. The van der Waals surface area contributed by atoms with Gasteiger partial charge in [-0.3, -0.25) is 14.9 Å². The Morgan fingerprint density at radius 3 is 2.88 bits per heavy atom. The van der Waals surface area contributed by atoms with Gasteiger partial charge in [0.1, 0.15) is 5.69 Å². The van der Waals surface area contributed by atoms with Gasteiger partial charge in [0.05, 0.1) is 11.0 Å². The van der Waals surface area contributed by atoms with Crippen molar-refractivity contribution >= 4 is 33.2 Å². The van der Waals surface area contributed by atoms with Gasteiger partial charge < -0.3 is 10.6 Å². The fourth-order valence-electron chi connectivity index (χ4n) is 1.71. The minimum absolute atomic E-state index is 0.00118. The number of amides is 1. The van der Waals surface area contributed by atoms with Gasteiger partial charge in [-0.25, -0.2) is 0 Å². The van der Waals surface area contributed by atoms with Crippen molar-refractivity contribution in [2.45, 2.75) is 12.5 Å². The van der Waals surface area contributed by atoms with Gasteiger partial charge in [0.15, 0.2) is 0 Å². The lowest BCUT2D eigenvalue weighted by Crippen LogP contribution is -2.22. The molecule has 90 valence electrons. The summed E-state index contributed by atoms with van der Waals surface area (Å²) in [5, 5.41) is 16.5. The van der Waals surface area contributed by atoms with Crippen molar-refractivity contribution in [1.82, 2.24) is 5.32 Å². The maximum Gasteiger partial charge on any atom is 0.293 e. The summed E-state index contributed by atoms with van der Waals surface area (Å²) in [4.78, 5) is 21.5. The summed E-state index contributed by atoms with van der Waals surface area (Å²) >= 11 is 3.19. The Bertz CT molecular complexity index is 478. The molecule has 1 amide bonds. The zero-order valence-electron chi connectivity index (χ0n) is 8.77. The first-order valence-corrected chi connectivity index (χ1v) is 5.83. The number of rotatable bonds is 3. The molecule has 1 aliphatic heterocycles. The van der Waals surface area contributed by atoms with E-state index in [1.165, 1.54) is 6.07 Å². The van der Waals surface area contributed by atoms with Crippen LogP contribution in [0.1, 0.15) is 6.42 Å². The van der Waals surface area contributed by atoms with Crippen molar-refractivity contribution in [1.29, 1.82) is 0 Å². The topological polar surface area (TPSA) is 84.3 Å². The molecule has 17 heavy (non-hydrogen) atoms. The standard InChI is InChI=1S/C10H10BrN3O3/c11-6-1-2-8(9(3-6)14(16)17)13-7-4-10(15)12-5-7/h1-3,7,13H,4-5H2,(H,12,15). The number of halogens is 1. The van der Waals surface area contributed by atoms with E-state index in [4.69, 9.17) is 0 Å². The van der Waals surface area contributed by atoms with Gasteiger partial charge in [0.2, 0.25) is 5.91 Å². The van der Waals surface area contributed by atoms with Crippen molar-refractivity contribution in [3.8, 4) is 0 Å². The third-order valence-corrected chi connectivity index (χ3v) is 2.99. The monoisotopic (exact) mass is 299 g/mol. The van der Waals surface area contributed by atoms with E-state index in [1.54, 1.807) is 12.1 Å². The molecule has 7 heteroatoms. The van der Waals surface area contributed by atoms with E-state index < -0.39 is 4.92 Å². The predicted molar refractivity (Wildman–Crippen MR) is 65.8 cm³/mol. The largest absolute Gasteiger partial charge is 0.374 e. The highest BCUT2D eigenvalue weighted by Crippen LogP contribution is 2.29. The number of nitro groups is 1. The third kappa shape index (κ3) is 2.73. The van der Waals surface area contributed by atoms with E-state index in [0.717, 1.165) is 0 Å². The molecule has 1 aliphatic rings. The number of benzene rings is 1. The van der Waals surface area contributed by atoms with Crippen LogP contribution in [0.2, 0.25) is 0 Å². The van der Waals surface area contributed by atoms with Crippen LogP contribution in [0.3, 0.4) is 0 Å². The molecule has 2 N–H and O–H groups in total. The summed E-state index contributed by atoms with van der Waals surface area (Å²) in [6.07, 6.45) is 0.340. The van der Waals surface area contributed by atoms with Crippen molar-refractivity contribution < 1.29 is 9.72 Å². The van der Waals surface area contributed by atoms with Crippen LogP contribution in [0.4, 0.5) is 11.4 Å². The summed E-state index contributed by atoms with van der Waals surface area (Å²) in [5.41, 5.74) is 0.429. The van der Waals surface area contributed by atoms with Gasteiger partial charge >= 0.3 is 0 Å². The van der Waals surface area contributed by atoms with Crippen molar-refractivity contribution in [2.24, 2.45) is 0 Å². The van der Waals surface area contributed by atoms with E-state index in [-0.39, 0.29) is 17.6 Å². The minimum atomic E-state index is -0.447. The predicted octanol–water partition coefficient (Wildman–Crippen LogP) is 1.66. The number of anilines is 1. The second kappa shape index (κ2) is 4.70. The molecule has 1 unspecified atom stereocenters. The molecular weight excluding hydrogens is 290 g/mol. The van der Waals surface area contributed by atoms with Gasteiger partial charge in [0, 0.05) is 23.5 Å². The lowest BCUT2D eigenvalue weighted by Gasteiger charge is -2.12. The molecule has 0 saturated carbocycles. The fraction of sp³-hybridized carbons (Fsp3) is 0.300. The lowest BCUT2D eigenvalue weighted by molar-refractivity contribution is -0.384. The molecular formula is C10H10BrN3O3. The highest BCUT2D eigenvalue weighted by atomic mass is 79.9. The second-order valence-corrected chi connectivity index (χ2v) is 4.68. The van der Waals surface area contributed by atoms with Crippen molar-refractivity contribution in [3.63, 3.8) is 0 Å². The Morgan fingerprint density at radius 1 is 1.53 bits per heavy atom. The average molecular weight is 300 g/mol. The molecule has 6 nitrogen and oxygen atoms in total. The number of hydrogen-bond acceptors (Lipinski definition) is 4. The Hall–Kier alpha value is -1.63. The molecule has 0 aliphatic carbocycles. The van der Waals surface area contributed by atoms with E-state index in [1.807, 2.05) is 0 Å². The lowest BCUT2D eigenvalue weighted by atomic mass is 10.2. The average Bonchev–Trinajstić information content (AvgIpc) is 2.66. The molecule has 1 fully saturated rings. The summed E-state index contributed by atoms with van der Waals surface area (Å²) in [6.45, 7) is 0.492. The number of nitrogens with zero attached hydrogens (tertiary/aromatic N) is 1. The SMILES string of the molecule is O=C1CC(Nc2ccc(Br)cc2[N+](=O)[O-])CN1. The molecule has 2 rings (SSSR count). The smallest absolute Gasteiger partial charge is 0.293 e. The van der Waals surface area contributed by atoms with Gasteiger partial charge in [0.25, 0.3) is 5.69 Å². The Morgan fingerprint density at radius 2 is 2.29 bits per heavy atom. The van der Waals surface area contributed by atoms with Gasteiger partial charge in [-0.2, -0.15) is 0 Å². The van der Waals surface area contributed by atoms with Crippen LogP contribution >= 0.6 is 15.9 Å². The zero-order chi connectivity index (χ0) is 12.4.